The highest BCUT2D eigenvalue weighted by Gasteiger charge is 2.26. The number of nitro benzene ring substituents is 1. The van der Waals surface area contributed by atoms with Gasteiger partial charge in [-0.1, -0.05) is 6.92 Å². The molecule has 7 heteroatoms. The number of benzene rings is 1. The van der Waals surface area contributed by atoms with E-state index in [1.54, 1.807) is 17.0 Å². The van der Waals surface area contributed by atoms with E-state index in [-0.39, 0.29) is 11.6 Å². The molecule has 0 N–H and O–H groups in total. The van der Waals surface area contributed by atoms with Crippen LogP contribution in [-0.2, 0) is 4.74 Å². The SMILES string of the molecule is CC1CCN(C(=O)c2ccc(N3CCOCC3)c([N+](=O)[O-])c2)CC1. The van der Waals surface area contributed by atoms with Gasteiger partial charge in [0.15, 0.2) is 0 Å². The van der Waals surface area contributed by atoms with Gasteiger partial charge in [0, 0.05) is 37.8 Å². The second kappa shape index (κ2) is 7.17. The van der Waals surface area contributed by atoms with E-state index in [9.17, 15) is 14.9 Å². The molecular formula is C17H23N3O4. The summed E-state index contributed by atoms with van der Waals surface area (Å²) in [7, 11) is 0. The van der Waals surface area contributed by atoms with E-state index in [4.69, 9.17) is 4.74 Å². The number of nitrogens with zero attached hydrogens (tertiary/aromatic N) is 3. The smallest absolute Gasteiger partial charge is 0.293 e. The third-order valence-corrected chi connectivity index (χ3v) is 4.84. The number of hydrogen-bond acceptors (Lipinski definition) is 5. The van der Waals surface area contributed by atoms with E-state index in [1.807, 2.05) is 4.90 Å². The molecule has 0 spiro atoms. The fourth-order valence-electron chi connectivity index (χ4n) is 3.27. The summed E-state index contributed by atoms with van der Waals surface area (Å²) in [6.07, 6.45) is 1.97. The number of piperidine rings is 1. The number of carbonyl (C=O) groups excluding carboxylic acids is 1. The largest absolute Gasteiger partial charge is 0.378 e. The van der Waals surface area contributed by atoms with Gasteiger partial charge in [0.2, 0.25) is 0 Å². The first-order valence-electron chi connectivity index (χ1n) is 8.46. The molecular weight excluding hydrogens is 310 g/mol. The first-order valence-corrected chi connectivity index (χ1v) is 8.46. The standard InChI is InChI=1S/C17H23N3O4/c1-13-4-6-19(7-5-13)17(21)14-2-3-15(16(12-14)20(22)23)18-8-10-24-11-9-18/h2-3,12-13H,4-11H2,1H3. The molecule has 2 saturated heterocycles. The molecule has 1 aromatic carbocycles. The van der Waals surface area contributed by atoms with Gasteiger partial charge in [-0.3, -0.25) is 14.9 Å². The lowest BCUT2D eigenvalue weighted by Crippen LogP contribution is -2.38. The quantitative estimate of drug-likeness (QED) is 0.627. The summed E-state index contributed by atoms with van der Waals surface area (Å²) in [5, 5.41) is 11.5. The summed E-state index contributed by atoms with van der Waals surface area (Å²) in [5.41, 5.74) is 0.952. The van der Waals surface area contributed by atoms with Crippen molar-refractivity contribution in [2.75, 3.05) is 44.3 Å². The third kappa shape index (κ3) is 3.51. The minimum Gasteiger partial charge on any atom is -0.378 e. The minimum atomic E-state index is -0.403. The summed E-state index contributed by atoms with van der Waals surface area (Å²) < 4.78 is 5.30. The van der Waals surface area contributed by atoms with Crippen molar-refractivity contribution in [3.8, 4) is 0 Å². The average molecular weight is 333 g/mol. The van der Waals surface area contributed by atoms with Crippen molar-refractivity contribution in [2.24, 2.45) is 5.92 Å². The number of anilines is 1. The van der Waals surface area contributed by atoms with Crippen LogP contribution in [0.2, 0.25) is 0 Å². The molecule has 24 heavy (non-hydrogen) atoms. The van der Waals surface area contributed by atoms with Crippen molar-refractivity contribution in [3.05, 3.63) is 33.9 Å². The van der Waals surface area contributed by atoms with Gasteiger partial charge >= 0.3 is 0 Å². The van der Waals surface area contributed by atoms with Gasteiger partial charge in [-0.2, -0.15) is 0 Å². The lowest BCUT2D eigenvalue weighted by Gasteiger charge is -2.31. The number of hydrogen-bond donors (Lipinski definition) is 0. The van der Waals surface area contributed by atoms with E-state index in [1.165, 1.54) is 6.07 Å². The normalized spacial score (nSPS) is 19.4. The summed E-state index contributed by atoms with van der Waals surface area (Å²) in [6, 6.07) is 4.83. The molecule has 0 aliphatic carbocycles. The zero-order valence-corrected chi connectivity index (χ0v) is 13.9. The Bertz CT molecular complexity index is 620. The van der Waals surface area contributed by atoms with Crippen LogP contribution in [0.1, 0.15) is 30.1 Å². The third-order valence-electron chi connectivity index (χ3n) is 4.84. The molecule has 2 aliphatic rings. The second-order valence-electron chi connectivity index (χ2n) is 6.53. The molecule has 0 unspecified atom stereocenters. The number of amides is 1. The Balaban J connectivity index is 1.83. The van der Waals surface area contributed by atoms with Crippen molar-refractivity contribution < 1.29 is 14.5 Å². The van der Waals surface area contributed by atoms with Crippen LogP contribution in [0.4, 0.5) is 11.4 Å². The number of likely N-dealkylation sites (tertiary alicyclic amines) is 1. The highest BCUT2D eigenvalue weighted by Crippen LogP contribution is 2.30. The van der Waals surface area contributed by atoms with Crippen LogP contribution in [0.5, 0.6) is 0 Å². The summed E-state index contributed by atoms with van der Waals surface area (Å²) >= 11 is 0. The lowest BCUT2D eigenvalue weighted by molar-refractivity contribution is -0.384. The number of nitro groups is 1. The molecule has 0 saturated carbocycles. The molecule has 7 nitrogen and oxygen atoms in total. The number of ether oxygens (including phenoxy) is 1. The number of rotatable bonds is 3. The molecule has 0 bridgehead atoms. The Morgan fingerprint density at radius 2 is 1.88 bits per heavy atom. The maximum atomic E-state index is 12.6. The van der Waals surface area contributed by atoms with Crippen LogP contribution in [0.25, 0.3) is 0 Å². The Labute approximate surface area is 141 Å². The van der Waals surface area contributed by atoms with E-state index in [2.05, 4.69) is 6.92 Å². The van der Waals surface area contributed by atoms with Gasteiger partial charge in [-0.05, 0) is 30.9 Å². The predicted molar refractivity (Wildman–Crippen MR) is 90.4 cm³/mol. The summed E-state index contributed by atoms with van der Waals surface area (Å²) in [4.78, 5) is 27.5. The van der Waals surface area contributed by atoms with Gasteiger partial charge in [-0.15, -0.1) is 0 Å². The molecule has 2 aliphatic heterocycles. The van der Waals surface area contributed by atoms with Crippen molar-refractivity contribution >= 4 is 17.3 Å². The zero-order valence-electron chi connectivity index (χ0n) is 13.9. The molecule has 1 aromatic rings. The fourth-order valence-corrected chi connectivity index (χ4v) is 3.27. The Kier molecular flexibility index (Phi) is 4.99. The number of morpholine rings is 1. The van der Waals surface area contributed by atoms with Crippen LogP contribution in [0, 0.1) is 16.0 Å². The van der Waals surface area contributed by atoms with Crippen LogP contribution >= 0.6 is 0 Å². The Morgan fingerprint density at radius 1 is 1.21 bits per heavy atom. The van der Waals surface area contributed by atoms with Crippen LogP contribution < -0.4 is 4.90 Å². The van der Waals surface area contributed by atoms with E-state index < -0.39 is 4.92 Å². The molecule has 0 aromatic heterocycles. The van der Waals surface area contributed by atoms with Gasteiger partial charge in [0.25, 0.3) is 11.6 Å². The van der Waals surface area contributed by atoms with Gasteiger partial charge < -0.3 is 14.5 Å². The number of carbonyl (C=O) groups is 1. The molecule has 3 rings (SSSR count). The maximum Gasteiger partial charge on any atom is 0.293 e. The van der Waals surface area contributed by atoms with Crippen molar-refractivity contribution in [3.63, 3.8) is 0 Å². The van der Waals surface area contributed by atoms with Gasteiger partial charge in [-0.25, -0.2) is 0 Å². The Morgan fingerprint density at radius 3 is 2.50 bits per heavy atom. The summed E-state index contributed by atoms with van der Waals surface area (Å²) in [5.74, 6) is 0.519. The van der Waals surface area contributed by atoms with Crippen molar-refractivity contribution in [1.29, 1.82) is 0 Å². The van der Waals surface area contributed by atoms with Crippen molar-refractivity contribution in [2.45, 2.75) is 19.8 Å². The molecule has 2 heterocycles. The van der Waals surface area contributed by atoms with Gasteiger partial charge in [0.05, 0.1) is 18.1 Å². The molecule has 1 amide bonds. The predicted octanol–water partition coefficient (Wildman–Crippen LogP) is 2.30. The monoisotopic (exact) mass is 333 g/mol. The summed E-state index contributed by atoms with van der Waals surface area (Å²) in [6.45, 7) is 5.99. The van der Waals surface area contributed by atoms with Gasteiger partial charge in [0.1, 0.15) is 5.69 Å². The van der Waals surface area contributed by atoms with E-state index in [0.29, 0.717) is 43.5 Å². The molecule has 2 fully saturated rings. The highest BCUT2D eigenvalue weighted by atomic mass is 16.6. The zero-order chi connectivity index (χ0) is 17.1. The van der Waals surface area contributed by atoms with Crippen molar-refractivity contribution in [1.82, 2.24) is 4.90 Å². The lowest BCUT2D eigenvalue weighted by atomic mass is 9.98. The molecule has 0 atom stereocenters. The maximum absolute atomic E-state index is 12.6. The van der Waals surface area contributed by atoms with E-state index in [0.717, 1.165) is 25.9 Å². The van der Waals surface area contributed by atoms with Crippen LogP contribution in [0.3, 0.4) is 0 Å². The highest BCUT2D eigenvalue weighted by molar-refractivity contribution is 5.95. The van der Waals surface area contributed by atoms with Crippen LogP contribution in [-0.4, -0.2) is 55.1 Å². The topological polar surface area (TPSA) is 75.9 Å². The fraction of sp³-hybridized carbons (Fsp3) is 0.588. The van der Waals surface area contributed by atoms with Crippen LogP contribution in [0.15, 0.2) is 18.2 Å². The Hall–Kier alpha value is -2.15. The molecule has 0 radical (unpaired) electrons. The second-order valence-corrected chi connectivity index (χ2v) is 6.53. The average Bonchev–Trinajstić information content (AvgIpc) is 2.62. The first kappa shape index (κ1) is 16.7. The van der Waals surface area contributed by atoms with E-state index >= 15 is 0 Å². The molecule has 130 valence electrons. The first-order chi connectivity index (χ1) is 11.6. The minimum absolute atomic E-state index is 0.00636.